The Hall–Kier alpha value is -1.22. The molecule has 0 bridgehead atoms. The van der Waals surface area contributed by atoms with Crippen molar-refractivity contribution in [3.05, 3.63) is 10.4 Å². The van der Waals surface area contributed by atoms with Gasteiger partial charge in [0, 0.05) is 11.0 Å². The van der Waals surface area contributed by atoms with Gasteiger partial charge in [-0.2, -0.15) is 0 Å². The highest BCUT2D eigenvalue weighted by Crippen LogP contribution is 1.98. The summed E-state index contributed by atoms with van der Waals surface area (Å²) in [6.45, 7) is 3.76. The molecule has 0 rings (SSSR count). The number of azide groups is 1. The number of nitrogens with zero attached hydrogens (tertiary/aromatic N) is 3. The summed E-state index contributed by atoms with van der Waals surface area (Å²) in [7, 11) is 0. The molecule has 0 N–H and O–H groups in total. The molecule has 0 fully saturated rings. The molecule has 0 aliphatic rings. The molecule has 1 unspecified atom stereocenters. The molecule has 0 aliphatic heterocycles. The van der Waals surface area contributed by atoms with E-state index in [2.05, 4.69) is 14.8 Å². The molecule has 0 saturated carbocycles. The fourth-order valence-corrected chi connectivity index (χ4v) is 0.590. The third-order valence-electron chi connectivity index (χ3n) is 1.02. The van der Waals surface area contributed by atoms with Crippen molar-refractivity contribution in [2.24, 2.45) is 5.11 Å². The Morgan fingerprint density at radius 1 is 1.82 bits per heavy atom. The van der Waals surface area contributed by atoms with E-state index in [9.17, 15) is 4.79 Å². The molecule has 0 saturated heterocycles. The van der Waals surface area contributed by atoms with Crippen LogP contribution in [0.5, 0.6) is 0 Å². The Kier molecular flexibility index (Phi) is 4.94. The largest absolute Gasteiger partial charge is 0.466 e. The van der Waals surface area contributed by atoms with Gasteiger partial charge in [0.15, 0.2) is 0 Å². The number of hydrogen-bond donors (Lipinski definition) is 0. The minimum atomic E-state index is -0.326. The molecule has 5 heteroatoms. The molecule has 0 aromatic rings. The lowest BCUT2D eigenvalue weighted by Crippen LogP contribution is -2.10. The van der Waals surface area contributed by atoms with E-state index in [1.807, 2.05) is 0 Å². The standard InChI is InChI=1S/C6H11N3O2/c1-3-11-6(10)4-5(2)8-9-7/h5H,3-4H2,1-2H3. The Balaban J connectivity index is 3.65. The van der Waals surface area contributed by atoms with Crippen LogP contribution in [0.3, 0.4) is 0 Å². The van der Waals surface area contributed by atoms with Crippen molar-refractivity contribution >= 4 is 5.97 Å². The molecular weight excluding hydrogens is 146 g/mol. The normalized spacial score (nSPS) is 11.5. The van der Waals surface area contributed by atoms with Gasteiger partial charge in [0.25, 0.3) is 0 Å². The predicted molar refractivity (Wildman–Crippen MR) is 39.9 cm³/mol. The van der Waals surface area contributed by atoms with Gasteiger partial charge in [0.2, 0.25) is 0 Å². The number of carbonyl (C=O) groups excluding carboxylic acids is 1. The molecule has 62 valence electrons. The Morgan fingerprint density at radius 2 is 2.45 bits per heavy atom. The molecule has 0 aromatic heterocycles. The maximum atomic E-state index is 10.7. The predicted octanol–water partition coefficient (Wildman–Crippen LogP) is 1.64. The molecular formula is C6H11N3O2. The van der Waals surface area contributed by atoms with Crippen LogP contribution in [0.1, 0.15) is 20.3 Å². The highest BCUT2D eigenvalue weighted by molar-refractivity contribution is 5.70. The van der Waals surface area contributed by atoms with E-state index in [0.717, 1.165) is 0 Å². The molecule has 1 atom stereocenters. The van der Waals surface area contributed by atoms with E-state index in [-0.39, 0.29) is 18.4 Å². The second kappa shape index (κ2) is 5.56. The SMILES string of the molecule is CCOC(=O)CC(C)N=[N+]=[N-]. The van der Waals surface area contributed by atoms with Crippen LogP contribution >= 0.6 is 0 Å². The van der Waals surface area contributed by atoms with Crippen LogP contribution in [-0.4, -0.2) is 18.6 Å². The minimum absolute atomic E-state index is 0.151. The highest BCUT2D eigenvalue weighted by atomic mass is 16.5. The monoisotopic (exact) mass is 157 g/mol. The summed E-state index contributed by atoms with van der Waals surface area (Å²) in [5.74, 6) is -0.326. The quantitative estimate of drug-likeness (QED) is 0.269. The van der Waals surface area contributed by atoms with Crippen molar-refractivity contribution in [3.63, 3.8) is 0 Å². The van der Waals surface area contributed by atoms with Gasteiger partial charge >= 0.3 is 5.97 Å². The van der Waals surface area contributed by atoms with Gasteiger partial charge in [-0.25, -0.2) is 0 Å². The third kappa shape index (κ3) is 5.24. The van der Waals surface area contributed by atoms with E-state index in [4.69, 9.17) is 5.53 Å². The molecule has 0 spiro atoms. The maximum Gasteiger partial charge on any atom is 0.306 e. The first-order chi connectivity index (χ1) is 5.20. The number of hydrogen-bond acceptors (Lipinski definition) is 3. The zero-order chi connectivity index (χ0) is 8.69. The maximum absolute atomic E-state index is 10.7. The second-order valence-corrected chi connectivity index (χ2v) is 2.06. The second-order valence-electron chi connectivity index (χ2n) is 2.06. The zero-order valence-corrected chi connectivity index (χ0v) is 6.65. The summed E-state index contributed by atoms with van der Waals surface area (Å²) in [6.07, 6.45) is 0.151. The first kappa shape index (κ1) is 9.78. The minimum Gasteiger partial charge on any atom is -0.466 e. The number of esters is 1. The van der Waals surface area contributed by atoms with Crippen molar-refractivity contribution in [2.45, 2.75) is 26.3 Å². The fraction of sp³-hybridized carbons (Fsp3) is 0.833. The van der Waals surface area contributed by atoms with Crippen molar-refractivity contribution < 1.29 is 9.53 Å². The summed E-state index contributed by atoms with van der Waals surface area (Å²) in [4.78, 5) is 13.3. The van der Waals surface area contributed by atoms with Gasteiger partial charge in [-0.15, -0.1) is 0 Å². The molecule has 0 aliphatic carbocycles. The van der Waals surface area contributed by atoms with Crippen LogP contribution in [0.4, 0.5) is 0 Å². The van der Waals surface area contributed by atoms with Crippen LogP contribution < -0.4 is 0 Å². The Labute approximate surface area is 65.0 Å². The van der Waals surface area contributed by atoms with E-state index in [0.29, 0.717) is 6.61 Å². The van der Waals surface area contributed by atoms with Gasteiger partial charge in [0.1, 0.15) is 0 Å². The third-order valence-corrected chi connectivity index (χ3v) is 1.02. The molecule has 5 nitrogen and oxygen atoms in total. The Morgan fingerprint density at radius 3 is 2.91 bits per heavy atom. The van der Waals surface area contributed by atoms with Gasteiger partial charge in [-0.3, -0.25) is 4.79 Å². The first-order valence-corrected chi connectivity index (χ1v) is 3.40. The van der Waals surface area contributed by atoms with Crippen LogP contribution in [0.25, 0.3) is 10.4 Å². The topological polar surface area (TPSA) is 75.1 Å². The van der Waals surface area contributed by atoms with E-state index in [1.165, 1.54) is 0 Å². The lowest BCUT2D eigenvalue weighted by atomic mass is 10.2. The fourth-order valence-electron chi connectivity index (χ4n) is 0.590. The summed E-state index contributed by atoms with van der Waals surface area (Å²) in [5.41, 5.74) is 7.99. The van der Waals surface area contributed by atoms with Crippen LogP contribution in [0, 0.1) is 0 Å². The molecule has 0 aromatic carbocycles. The average Bonchev–Trinajstić information content (AvgIpc) is 1.87. The van der Waals surface area contributed by atoms with Gasteiger partial charge in [-0.05, 0) is 12.5 Å². The lowest BCUT2D eigenvalue weighted by molar-refractivity contribution is -0.143. The van der Waals surface area contributed by atoms with Crippen LogP contribution in [-0.2, 0) is 9.53 Å². The molecule has 0 radical (unpaired) electrons. The smallest absolute Gasteiger partial charge is 0.306 e. The first-order valence-electron chi connectivity index (χ1n) is 3.40. The van der Waals surface area contributed by atoms with Crippen LogP contribution in [0.15, 0.2) is 5.11 Å². The Bertz CT molecular complexity index is 175. The van der Waals surface area contributed by atoms with E-state index < -0.39 is 0 Å². The van der Waals surface area contributed by atoms with E-state index >= 15 is 0 Å². The van der Waals surface area contributed by atoms with E-state index in [1.54, 1.807) is 13.8 Å². The van der Waals surface area contributed by atoms with Crippen molar-refractivity contribution in [1.29, 1.82) is 0 Å². The van der Waals surface area contributed by atoms with Crippen molar-refractivity contribution in [1.82, 2.24) is 0 Å². The van der Waals surface area contributed by atoms with Crippen LogP contribution in [0.2, 0.25) is 0 Å². The lowest BCUT2D eigenvalue weighted by Gasteiger charge is -2.02. The molecule has 11 heavy (non-hydrogen) atoms. The van der Waals surface area contributed by atoms with Gasteiger partial charge in [-0.1, -0.05) is 12.0 Å². The van der Waals surface area contributed by atoms with Gasteiger partial charge in [0.05, 0.1) is 13.0 Å². The zero-order valence-electron chi connectivity index (χ0n) is 6.65. The number of ether oxygens (including phenoxy) is 1. The number of carbonyl (C=O) groups is 1. The van der Waals surface area contributed by atoms with Gasteiger partial charge < -0.3 is 4.74 Å². The number of rotatable bonds is 4. The highest BCUT2D eigenvalue weighted by Gasteiger charge is 2.06. The molecule has 0 amide bonds. The average molecular weight is 157 g/mol. The summed E-state index contributed by atoms with van der Waals surface area (Å²) in [6, 6.07) is -0.320. The van der Waals surface area contributed by atoms with Crippen molar-refractivity contribution in [3.8, 4) is 0 Å². The summed E-state index contributed by atoms with van der Waals surface area (Å²) in [5, 5.41) is 3.33. The van der Waals surface area contributed by atoms with Crippen molar-refractivity contribution in [2.75, 3.05) is 6.61 Å². The molecule has 0 heterocycles. The summed E-state index contributed by atoms with van der Waals surface area (Å²) >= 11 is 0. The summed E-state index contributed by atoms with van der Waals surface area (Å²) < 4.78 is 4.64.